The highest BCUT2D eigenvalue weighted by atomic mass is 32.2. The van der Waals surface area contributed by atoms with E-state index in [2.05, 4.69) is 10.6 Å². The van der Waals surface area contributed by atoms with Crippen LogP contribution in [0.25, 0.3) is 0 Å². The number of hydrogen-bond donors (Lipinski definition) is 3. The first-order chi connectivity index (χ1) is 11.2. The quantitative estimate of drug-likeness (QED) is 0.771. The van der Waals surface area contributed by atoms with Crippen molar-refractivity contribution in [2.45, 2.75) is 30.8 Å². The van der Waals surface area contributed by atoms with Crippen LogP contribution in [-0.4, -0.2) is 14.4 Å². The van der Waals surface area contributed by atoms with E-state index in [-0.39, 0.29) is 17.5 Å². The second-order valence-electron chi connectivity index (χ2n) is 5.99. The van der Waals surface area contributed by atoms with Crippen molar-refractivity contribution in [3.05, 3.63) is 65.7 Å². The van der Waals surface area contributed by atoms with E-state index in [1.807, 2.05) is 44.2 Å². The van der Waals surface area contributed by atoms with Gasteiger partial charge in [0.15, 0.2) is 0 Å². The summed E-state index contributed by atoms with van der Waals surface area (Å²) < 4.78 is 22.4. The summed E-state index contributed by atoms with van der Waals surface area (Å²) in [7, 11) is -3.71. The van der Waals surface area contributed by atoms with Gasteiger partial charge < -0.3 is 10.6 Å². The molecule has 6 nitrogen and oxygen atoms in total. The fourth-order valence-corrected chi connectivity index (χ4v) is 2.75. The summed E-state index contributed by atoms with van der Waals surface area (Å²) in [6, 6.07) is 15.4. The molecule has 0 bridgehead atoms. The van der Waals surface area contributed by atoms with Gasteiger partial charge in [0.25, 0.3) is 0 Å². The lowest BCUT2D eigenvalue weighted by atomic mass is 9.95. The predicted octanol–water partition coefficient (Wildman–Crippen LogP) is 2.07. The summed E-state index contributed by atoms with van der Waals surface area (Å²) in [5, 5.41) is 10.7. The van der Waals surface area contributed by atoms with Crippen molar-refractivity contribution in [1.29, 1.82) is 0 Å². The zero-order valence-electron chi connectivity index (χ0n) is 13.6. The molecule has 24 heavy (non-hydrogen) atoms. The van der Waals surface area contributed by atoms with Gasteiger partial charge in [0, 0.05) is 6.54 Å². The fourth-order valence-electron chi connectivity index (χ4n) is 2.23. The minimum Gasteiger partial charge on any atom is -0.334 e. The molecule has 7 heteroatoms. The number of nitrogens with one attached hydrogen (secondary N) is 2. The van der Waals surface area contributed by atoms with E-state index >= 15 is 0 Å². The Morgan fingerprint density at radius 2 is 1.62 bits per heavy atom. The average Bonchev–Trinajstić information content (AvgIpc) is 2.53. The highest BCUT2D eigenvalue weighted by Gasteiger charge is 2.22. The minimum absolute atomic E-state index is 0.0425. The number of rotatable bonds is 5. The molecule has 0 unspecified atom stereocenters. The number of urea groups is 1. The van der Waals surface area contributed by atoms with Crippen LogP contribution in [0.2, 0.25) is 0 Å². The van der Waals surface area contributed by atoms with Crippen LogP contribution >= 0.6 is 0 Å². The van der Waals surface area contributed by atoms with Crippen molar-refractivity contribution in [3.63, 3.8) is 0 Å². The van der Waals surface area contributed by atoms with Crippen LogP contribution < -0.4 is 15.8 Å². The topological polar surface area (TPSA) is 101 Å². The Bertz CT molecular complexity index is 801. The molecule has 2 amide bonds. The average molecular weight is 347 g/mol. The monoisotopic (exact) mass is 347 g/mol. The van der Waals surface area contributed by atoms with Crippen LogP contribution in [0.3, 0.4) is 0 Å². The normalized spacial score (nSPS) is 11.8. The third-order valence-electron chi connectivity index (χ3n) is 3.63. The van der Waals surface area contributed by atoms with Gasteiger partial charge in [0.1, 0.15) is 0 Å². The number of carbonyl (C=O) groups is 1. The van der Waals surface area contributed by atoms with Crippen molar-refractivity contribution in [2.24, 2.45) is 5.14 Å². The maximum Gasteiger partial charge on any atom is 0.315 e. The smallest absolute Gasteiger partial charge is 0.315 e. The summed E-state index contributed by atoms with van der Waals surface area (Å²) >= 11 is 0. The molecule has 0 atom stereocenters. The van der Waals surface area contributed by atoms with Crippen LogP contribution in [0.1, 0.15) is 25.0 Å². The summed E-state index contributed by atoms with van der Waals surface area (Å²) in [5.41, 5.74) is 1.26. The van der Waals surface area contributed by atoms with Gasteiger partial charge in [-0.05, 0) is 37.1 Å². The third kappa shape index (κ3) is 4.81. The van der Waals surface area contributed by atoms with Crippen molar-refractivity contribution in [3.8, 4) is 0 Å². The molecular weight excluding hydrogens is 326 g/mol. The Kier molecular flexibility index (Phi) is 5.26. The van der Waals surface area contributed by atoms with Crippen molar-refractivity contribution < 1.29 is 13.2 Å². The zero-order chi connectivity index (χ0) is 17.8. The molecule has 0 fully saturated rings. The molecule has 2 aromatic rings. The number of benzene rings is 2. The Labute approximate surface area is 142 Å². The largest absolute Gasteiger partial charge is 0.334 e. The molecule has 0 saturated carbocycles. The number of sulfonamides is 1. The van der Waals surface area contributed by atoms with Crippen LogP contribution in [0.5, 0.6) is 0 Å². The molecule has 2 rings (SSSR count). The molecule has 4 N–H and O–H groups in total. The van der Waals surface area contributed by atoms with Gasteiger partial charge in [-0.2, -0.15) is 0 Å². The van der Waals surface area contributed by atoms with Gasteiger partial charge in [-0.15, -0.1) is 0 Å². The van der Waals surface area contributed by atoms with Crippen LogP contribution in [0, 0.1) is 0 Å². The number of hydrogen-bond acceptors (Lipinski definition) is 3. The van der Waals surface area contributed by atoms with Gasteiger partial charge in [0.2, 0.25) is 10.0 Å². The third-order valence-corrected chi connectivity index (χ3v) is 4.56. The zero-order valence-corrected chi connectivity index (χ0v) is 14.4. The highest BCUT2D eigenvalue weighted by Crippen LogP contribution is 2.19. The number of nitrogens with two attached hydrogens (primary N) is 1. The van der Waals surface area contributed by atoms with Crippen LogP contribution in [-0.2, 0) is 22.1 Å². The molecule has 128 valence electrons. The summed E-state index contributed by atoms with van der Waals surface area (Å²) in [6.07, 6.45) is 0. The van der Waals surface area contributed by atoms with Crippen LogP contribution in [0.4, 0.5) is 4.79 Å². The first-order valence-electron chi connectivity index (χ1n) is 7.42. The first-order valence-corrected chi connectivity index (χ1v) is 8.96. The minimum atomic E-state index is -3.71. The lowest BCUT2D eigenvalue weighted by Gasteiger charge is -2.27. The standard InChI is InChI=1S/C17H21N3O3S/c1-17(2,14-6-4-3-5-7-14)20-16(21)19-12-13-8-10-15(11-9-13)24(18,22)23/h3-11H,12H2,1-2H3,(H2,18,22,23)(H2,19,20,21). The van der Waals surface area contributed by atoms with Gasteiger partial charge in [-0.25, -0.2) is 18.4 Å². The number of amides is 2. The van der Waals surface area contributed by atoms with Gasteiger partial charge >= 0.3 is 6.03 Å². The molecule has 0 heterocycles. The maximum absolute atomic E-state index is 12.1. The van der Waals surface area contributed by atoms with Gasteiger partial charge in [-0.3, -0.25) is 0 Å². The summed E-state index contributed by atoms with van der Waals surface area (Å²) in [6.45, 7) is 4.12. The van der Waals surface area contributed by atoms with Crippen molar-refractivity contribution in [1.82, 2.24) is 10.6 Å². The Hall–Kier alpha value is -2.38. The Morgan fingerprint density at radius 1 is 1.04 bits per heavy atom. The van der Waals surface area contributed by atoms with E-state index in [4.69, 9.17) is 5.14 Å². The molecule has 0 aromatic heterocycles. The second kappa shape index (κ2) is 7.02. The molecule has 0 aliphatic carbocycles. The van der Waals surface area contributed by atoms with Crippen molar-refractivity contribution in [2.75, 3.05) is 0 Å². The van der Waals surface area contributed by atoms with E-state index in [1.165, 1.54) is 12.1 Å². The van der Waals surface area contributed by atoms with E-state index in [0.717, 1.165) is 11.1 Å². The first kappa shape index (κ1) is 18.0. The van der Waals surface area contributed by atoms with E-state index in [9.17, 15) is 13.2 Å². The molecule has 2 aromatic carbocycles. The fraction of sp³-hybridized carbons (Fsp3) is 0.235. The summed E-state index contributed by atoms with van der Waals surface area (Å²) in [5.74, 6) is 0. The van der Waals surface area contributed by atoms with Gasteiger partial charge in [-0.1, -0.05) is 42.5 Å². The lowest BCUT2D eigenvalue weighted by molar-refractivity contribution is 0.229. The predicted molar refractivity (Wildman–Crippen MR) is 92.7 cm³/mol. The molecule has 0 aliphatic rings. The molecule has 0 saturated heterocycles. The highest BCUT2D eigenvalue weighted by molar-refractivity contribution is 7.89. The SMILES string of the molecule is CC(C)(NC(=O)NCc1ccc(S(N)(=O)=O)cc1)c1ccccc1. The van der Waals surface area contributed by atoms with E-state index in [1.54, 1.807) is 12.1 Å². The molecular formula is C17H21N3O3S. The van der Waals surface area contributed by atoms with Crippen LogP contribution in [0.15, 0.2) is 59.5 Å². The molecule has 0 spiro atoms. The summed E-state index contributed by atoms with van der Waals surface area (Å²) in [4.78, 5) is 12.1. The Balaban J connectivity index is 1.94. The van der Waals surface area contributed by atoms with Crippen molar-refractivity contribution >= 4 is 16.1 Å². The second-order valence-corrected chi connectivity index (χ2v) is 7.55. The van der Waals surface area contributed by atoms with E-state index in [0.29, 0.717) is 0 Å². The Morgan fingerprint density at radius 3 is 2.17 bits per heavy atom. The van der Waals surface area contributed by atoms with E-state index < -0.39 is 15.6 Å². The molecule has 0 radical (unpaired) electrons. The van der Waals surface area contributed by atoms with Gasteiger partial charge in [0.05, 0.1) is 10.4 Å². The number of primary sulfonamides is 1. The maximum atomic E-state index is 12.1. The number of carbonyl (C=O) groups excluding carboxylic acids is 1. The lowest BCUT2D eigenvalue weighted by Crippen LogP contribution is -2.46. The molecule has 0 aliphatic heterocycles.